The van der Waals surface area contributed by atoms with Crippen molar-refractivity contribution in [3.63, 3.8) is 0 Å². The molecule has 4 N–H and O–H groups in total. The average Bonchev–Trinajstić information content (AvgIpc) is 3.52. The molecule has 9 nitrogen and oxygen atoms in total. The van der Waals surface area contributed by atoms with Gasteiger partial charge in [0, 0.05) is 29.3 Å². The lowest BCUT2D eigenvalue weighted by molar-refractivity contribution is -0.140. The van der Waals surface area contributed by atoms with Crippen molar-refractivity contribution in [3.05, 3.63) is 101 Å². The second kappa shape index (κ2) is 13.1. The van der Waals surface area contributed by atoms with Crippen LogP contribution in [0.15, 0.2) is 71.0 Å². The summed E-state index contributed by atoms with van der Waals surface area (Å²) in [6.07, 6.45) is 6.91. The summed E-state index contributed by atoms with van der Waals surface area (Å²) in [6, 6.07) is 10.7. The fourth-order valence-corrected chi connectivity index (χ4v) is 5.84. The number of halogens is 1. The van der Waals surface area contributed by atoms with Gasteiger partial charge in [-0.1, -0.05) is 18.2 Å². The second-order valence-corrected chi connectivity index (χ2v) is 11.6. The van der Waals surface area contributed by atoms with Crippen LogP contribution in [-0.4, -0.2) is 45.9 Å². The summed E-state index contributed by atoms with van der Waals surface area (Å²) in [5, 5.41) is 10.4. The van der Waals surface area contributed by atoms with Crippen molar-refractivity contribution in [1.29, 1.82) is 5.41 Å². The molecule has 2 aromatic carbocycles. The number of amides is 3. The minimum atomic E-state index is -0.642. The van der Waals surface area contributed by atoms with Gasteiger partial charge in [-0.2, -0.15) is 0 Å². The molecule has 1 saturated heterocycles. The SMILES string of the molecule is CC(=N)/C=C(/Cc1ccc(C(=O)NCC(=O)N2C(c3cccc(F)c3)CCCC2C(C)(C)c2ncco2)cc1C)C(N)=O. The van der Waals surface area contributed by atoms with Crippen LogP contribution in [0, 0.1) is 18.2 Å². The molecule has 0 spiro atoms. The summed E-state index contributed by atoms with van der Waals surface area (Å²) in [4.78, 5) is 45.0. The predicted molar refractivity (Wildman–Crippen MR) is 161 cm³/mol. The Morgan fingerprint density at radius 3 is 2.60 bits per heavy atom. The van der Waals surface area contributed by atoms with Crippen LogP contribution in [0.3, 0.4) is 0 Å². The molecule has 4 rings (SSSR count). The van der Waals surface area contributed by atoms with Crippen LogP contribution >= 0.6 is 0 Å². The van der Waals surface area contributed by atoms with E-state index in [0.717, 1.165) is 17.5 Å². The van der Waals surface area contributed by atoms with Crippen LogP contribution in [-0.2, 0) is 21.4 Å². The van der Waals surface area contributed by atoms with Gasteiger partial charge >= 0.3 is 0 Å². The van der Waals surface area contributed by atoms with E-state index < -0.39 is 17.2 Å². The number of nitrogens with one attached hydrogen (secondary N) is 2. The molecule has 0 bridgehead atoms. The average molecular weight is 588 g/mol. The van der Waals surface area contributed by atoms with Gasteiger partial charge in [-0.15, -0.1) is 0 Å². The Bertz CT molecular complexity index is 1550. The van der Waals surface area contributed by atoms with Gasteiger partial charge in [0.25, 0.3) is 5.91 Å². The molecule has 1 fully saturated rings. The molecule has 0 radical (unpaired) electrons. The van der Waals surface area contributed by atoms with Crippen LogP contribution < -0.4 is 11.1 Å². The number of aryl methyl sites for hydroxylation is 1. The first-order valence-electron chi connectivity index (χ1n) is 14.3. The summed E-state index contributed by atoms with van der Waals surface area (Å²) in [6.45, 7) is 7.08. The van der Waals surface area contributed by atoms with E-state index in [1.807, 2.05) is 26.8 Å². The van der Waals surface area contributed by atoms with E-state index >= 15 is 0 Å². The first-order chi connectivity index (χ1) is 20.4. The number of primary amides is 1. The van der Waals surface area contributed by atoms with Crippen LogP contribution in [0.1, 0.15) is 79.0 Å². The third-order valence-corrected chi connectivity index (χ3v) is 8.06. The number of nitrogens with zero attached hydrogens (tertiary/aromatic N) is 2. The first-order valence-corrected chi connectivity index (χ1v) is 14.3. The number of carbonyl (C=O) groups is 3. The Morgan fingerprint density at radius 1 is 1.21 bits per heavy atom. The zero-order valence-corrected chi connectivity index (χ0v) is 24.9. The Kier molecular flexibility index (Phi) is 9.58. The summed E-state index contributed by atoms with van der Waals surface area (Å²) in [5.74, 6) is -1.20. The van der Waals surface area contributed by atoms with Crippen LogP contribution in [0.2, 0.25) is 0 Å². The highest BCUT2D eigenvalue weighted by Gasteiger charge is 2.45. The molecule has 3 amide bonds. The molecule has 2 atom stereocenters. The van der Waals surface area contributed by atoms with Crippen LogP contribution in [0.25, 0.3) is 0 Å². The maximum absolute atomic E-state index is 14.3. The van der Waals surface area contributed by atoms with Crippen molar-refractivity contribution in [1.82, 2.24) is 15.2 Å². The van der Waals surface area contributed by atoms with Gasteiger partial charge in [-0.25, -0.2) is 9.37 Å². The van der Waals surface area contributed by atoms with Crippen molar-refractivity contribution in [2.45, 2.75) is 70.9 Å². The van der Waals surface area contributed by atoms with E-state index in [0.29, 0.717) is 35.4 Å². The number of aromatic nitrogens is 1. The molecule has 2 unspecified atom stereocenters. The number of likely N-dealkylation sites (tertiary alicyclic amines) is 1. The number of oxazole rings is 1. The lowest BCUT2D eigenvalue weighted by Crippen LogP contribution is -2.56. The highest BCUT2D eigenvalue weighted by atomic mass is 19.1. The highest BCUT2D eigenvalue weighted by molar-refractivity contribution is 6.01. The Labute approximate surface area is 250 Å². The van der Waals surface area contributed by atoms with Gasteiger partial charge < -0.3 is 25.8 Å². The topological polar surface area (TPSA) is 142 Å². The summed E-state index contributed by atoms with van der Waals surface area (Å²) >= 11 is 0. The van der Waals surface area contributed by atoms with Crippen molar-refractivity contribution in [2.75, 3.05) is 6.54 Å². The van der Waals surface area contributed by atoms with E-state index in [9.17, 15) is 18.8 Å². The van der Waals surface area contributed by atoms with E-state index in [2.05, 4.69) is 10.3 Å². The standard InChI is InChI=1S/C33H38FN5O4/c1-20-15-24(12-11-22(20)17-25(30(36)41)16-21(2)35)31(42)38-19-29(40)39-27(23-7-5-8-26(34)18-23)9-6-10-28(39)33(3,4)32-37-13-14-43-32/h5,7-8,11-16,18,27-28,35H,6,9-10,17,19H2,1-4H3,(H2,36,41)(H,38,42)/b25-16-,35-21?. The molecule has 3 aromatic rings. The zero-order chi connectivity index (χ0) is 31.3. The van der Waals surface area contributed by atoms with Crippen molar-refractivity contribution in [3.8, 4) is 0 Å². The largest absolute Gasteiger partial charge is 0.448 e. The zero-order valence-electron chi connectivity index (χ0n) is 24.9. The van der Waals surface area contributed by atoms with Gasteiger partial charge in [-0.3, -0.25) is 14.4 Å². The molecule has 1 aliphatic rings. The fraction of sp³-hybridized carbons (Fsp3) is 0.364. The lowest BCUT2D eigenvalue weighted by atomic mass is 9.76. The fourth-order valence-electron chi connectivity index (χ4n) is 5.84. The molecule has 0 saturated carbocycles. The molecule has 1 aromatic heterocycles. The van der Waals surface area contributed by atoms with Gasteiger partial charge in [0.1, 0.15) is 12.1 Å². The van der Waals surface area contributed by atoms with Crippen molar-refractivity contribution in [2.24, 2.45) is 5.73 Å². The molecule has 10 heteroatoms. The predicted octanol–water partition coefficient (Wildman–Crippen LogP) is 4.95. The first kappa shape index (κ1) is 31.3. The monoisotopic (exact) mass is 587 g/mol. The van der Waals surface area contributed by atoms with E-state index in [1.165, 1.54) is 24.5 Å². The number of hydrogen-bond acceptors (Lipinski definition) is 6. The molecular formula is C33H38FN5O4. The molecule has 0 aliphatic carbocycles. The second-order valence-electron chi connectivity index (χ2n) is 11.6. The quantitative estimate of drug-likeness (QED) is 0.227. The summed E-state index contributed by atoms with van der Waals surface area (Å²) < 4.78 is 19.9. The highest BCUT2D eigenvalue weighted by Crippen LogP contribution is 2.42. The minimum absolute atomic E-state index is 0.214. The number of benzene rings is 2. The third-order valence-electron chi connectivity index (χ3n) is 8.06. The summed E-state index contributed by atoms with van der Waals surface area (Å²) in [7, 11) is 0. The minimum Gasteiger partial charge on any atom is -0.448 e. The van der Waals surface area contributed by atoms with E-state index in [4.69, 9.17) is 15.6 Å². The third kappa shape index (κ3) is 7.25. The Hall–Kier alpha value is -4.60. The Balaban J connectivity index is 1.55. The number of carbonyl (C=O) groups excluding carboxylic acids is 3. The van der Waals surface area contributed by atoms with Crippen LogP contribution in [0.4, 0.5) is 4.39 Å². The number of allylic oxidation sites excluding steroid dienone is 1. The normalized spacial score (nSPS) is 17.4. The molecule has 2 heterocycles. The van der Waals surface area contributed by atoms with Gasteiger partial charge in [0.2, 0.25) is 17.7 Å². The number of rotatable bonds is 10. The number of nitrogens with two attached hydrogens (primary N) is 1. The molecule has 43 heavy (non-hydrogen) atoms. The van der Waals surface area contributed by atoms with Gasteiger partial charge in [0.05, 0.1) is 24.2 Å². The number of hydrogen-bond donors (Lipinski definition) is 3. The van der Waals surface area contributed by atoms with Crippen LogP contribution in [0.5, 0.6) is 0 Å². The van der Waals surface area contributed by atoms with Gasteiger partial charge in [0.15, 0.2) is 0 Å². The molecular weight excluding hydrogens is 549 g/mol. The van der Waals surface area contributed by atoms with Crippen molar-refractivity contribution >= 4 is 23.4 Å². The Morgan fingerprint density at radius 2 is 1.98 bits per heavy atom. The molecule has 1 aliphatic heterocycles. The van der Waals surface area contributed by atoms with E-state index in [-0.39, 0.29) is 42.5 Å². The maximum Gasteiger partial charge on any atom is 0.251 e. The number of piperidine rings is 1. The summed E-state index contributed by atoms with van der Waals surface area (Å²) in [5.41, 5.74) is 7.97. The lowest BCUT2D eigenvalue weighted by Gasteiger charge is -2.48. The molecule has 226 valence electrons. The maximum atomic E-state index is 14.3. The van der Waals surface area contributed by atoms with Crippen molar-refractivity contribution < 1.29 is 23.2 Å². The smallest absolute Gasteiger partial charge is 0.251 e. The van der Waals surface area contributed by atoms with Gasteiger partial charge in [-0.05, 0) is 94.0 Å². The van der Waals surface area contributed by atoms with E-state index in [1.54, 1.807) is 42.3 Å².